The highest BCUT2D eigenvalue weighted by Crippen LogP contribution is 2.44. The molecule has 0 unspecified atom stereocenters. The lowest BCUT2D eigenvalue weighted by atomic mass is 9.86. The van der Waals surface area contributed by atoms with E-state index in [-0.39, 0.29) is 17.6 Å². The molecule has 3 heterocycles. The third kappa shape index (κ3) is 3.31. The van der Waals surface area contributed by atoms with Crippen LogP contribution in [0.3, 0.4) is 0 Å². The molecule has 1 N–H and O–H groups in total. The molecule has 0 spiro atoms. The highest BCUT2D eigenvalue weighted by Gasteiger charge is 2.41. The Balaban J connectivity index is 1.83. The molecule has 4 rings (SSSR count). The van der Waals surface area contributed by atoms with Crippen molar-refractivity contribution in [2.24, 2.45) is 0 Å². The second-order valence-electron chi connectivity index (χ2n) is 8.94. The first-order chi connectivity index (χ1) is 13.7. The van der Waals surface area contributed by atoms with Crippen molar-refractivity contribution in [1.82, 2.24) is 15.2 Å². The zero-order valence-electron chi connectivity index (χ0n) is 18.1. The first-order valence-corrected chi connectivity index (χ1v) is 10.7. The second kappa shape index (κ2) is 7.13. The topological polar surface area (TPSA) is 31.4 Å². The number of nitrogens with one attached hydrogen (secondary N) is 1. The molecule has 0 saturated carbocycles. The van der Waals surface area contributed by atoms with Crippen LogP contribution < -0.4 is 10.2 Å². The third-order valence-electron chi connectivity index (χ3n) is 6.27. The molecule has 1 aromatic heterocycles. The van der Waals surface area contributed by atoms with E-state index in [2.05, 4.69) is 92.1 Å². The predicted molar refractivity (Wildman–Crippen MR) is 125 cm³/mol. The minimum atomic E-state index is 0.00947. The maximum absolute atomic E-state index is 5.73. The monoisotopic (exact) mass is 406 g/mol. The number of fused-ring (bicyclic) bond motifs is 1. The van der Waals surface area contributed by atoms with Crippen molar-refractivity contribution >= 4 is 28.6 Å². The van der Waals surface area contributed by atoms with E-state index >= 15 is 0 Å². The van der Waals surface area contributed by atoms with Gasteiger partial charge in [-0.2, -0.15) is 0 Å². The van der Waals surface area contributed by atoms with Gasteiger partial charge in [-0.3, -0.25) is 4.98 Å². The summed E-state index contributed by atoms with van der Waals surface area (Å²) in [5, 5.41) is 4.33. The normalized spacial score (nSPS) is 23.1. The number of anilines is 1. The van der Waals surface area contributed by atoms with Crippen LogP contribution in [0.5, 0.6) is 0 Å². The number of hydrogen-bond donors (Lipinski definition) is 1. The highest BCUT2D eigenvalue weighted by atomic mass is 32.1. The van der Waals surface area contributed by atoms with Crippen LogP contribution in [-0.2, 0) is 0 Å². The Kier molecular flexibility index (Phi) is 4.89. The molecule has 1 aromatic carbocycles. The van der Waals surface area contributed by atoms with Crippen LogP contribution in [0.2, 0.25) is 0 Å². The highest BCUT2D eigenvalue weighted by molar-refractivity contribution is 7.80. The number of hydrogen-bond acceptors (Lipinski definition) is 3. The van der Waals surface area contributed by atoms with Crippen molar-refractivity contribution in [3.63, 3.8) is 0 Å². The summed E-state index contributed by atoms with van der Waals surface area (Å²) in [7, 11) is 2.17. The van der Waals surface area contributed by atoms with Crippen molar-refractivity contribution in [1.29, 1.82) is 0 Å². The standard InChI is InChI=1S/C24H30N4S/c1-15(2)28-22(21(26-23(28)29)19-9-7-8-12-25-19)17-10-11-20-18(13-17)16(3)14-24(4,5)27(20)6/h7-15,21-22H,1-6H3,(H,26,29)/t21-,22+/m0/s1. The van der Waals surface area contributed by atoms with E-state index in [0.717, 1.165) is 10.8 Å². The van der Waals surface area contributed by atoms with E-state index in [4.69, 9.17) is 12.2 Å². The van der Waals surface area contributed by atoms with Gasteiger partial charge in [0.2, 0.25) is 0 Å². The first kappa shape index (κ1) is 19.9. The first-order valence-electron chi connectivity index (χ1n) is 10.3. The molecule has 2 aliphatic heterocycles. The maximum atomic E-state index is 5.73. The smallest absolute Gasteiger partial charge is 0.170 e. The van der Waals surface area contributed by atoms with Crippen LogP contribution >= 0.6 is 12.2 Å². The van der Waals surface area contributed by atoms with E-state index < -0.39 is 0 Å². The van der Waals surface area contributed by atoms with Gasteiger partial charge in [-0.25, -0.2) is 0 Å². The lowest BCUT2D eigenvalue weighted by Gasteiger charge is -2.41. The van der Waals surface area contributed by atoms with Gasteiger partial charge < -0.3 is 15.1 Å². The van der Waals surface area contributed by atoms with Crippen LogP contribution in [0.15, 0.2) is 48.7 Å². The Morgan fingerprint density at radius 3 is 2.59 bits per heavy atom. The van der Waals surface area contributed by atoms with Crippen LogP contribution in [0.1, 0.15) is 63.5 Å². The van der Waals surface area contributed by atoms with E-state index in [9.17, 15) is 0 Å². The predicted octanol–water partition coefficient (Wildman–Crippen LogP) is 5.09. The van der Waals surface area contributed by atoms with Gasteiger partial charge in [0.05, 0.1) is 23.3 Å². The second-order valence-corrected chi connectivity index (χ2v) is 9.33. The van der Waals surface area contributed by atoms with Gasteiger partial charge in [0, 0.05) is 30.5 Å². The van der Waals surface area contributed by atoms with Crippen LogP contribution in [-0.4, -0.2) is 33.6 Å². The summed E-state index contributed by atoms with van der Waals surface area (Å²) >= 11 is 5.73. The molecule has 29 heavy (non-hydrogen) atoms. The fourth-order valence-electron chi connectivity index (χ4n) is 4.64. The zero-order valence-corrected chi connectivity index (χ0v) is 18.9. The Morgan fingerprint density at radius 2 is 1.93 bits per heavy atom. The van der Waals surface area contributed by atoms with E-state index in [1.807, 2.05) is 18.3 Å². The van der Waals surface area contributed by atoms with Crippen molar-refractivity contribution < 1.29 is 0 Å². The number of aromatic nitrogens is 1. The summed E-state index contributed by atoms with van der Waals surface area (Å²) in [5.74, 6) is 0. The molecular formula is C24H30N4S. The van der Waals surface area contributed by atoms with Gasteiger partial charge in [0.25, 0.3) is 0 Å². The number of nitrogens with zero attached hydrogens (tertiary/aromatic N) is 3. The summed E-state index contributed by atoms with van der Waals surface area (Å²) in [6, 6.07) is 13.4. The van der Waals surface area contributed by atoms with Gasteiger partial charge in [-0.15, -0.1) is 0 Å². The molecule has 0 aliphatic carbocycles. The van der Waals surface area contributed by atoms with E-state index in [0.29, 0.717) is 6.04 Å². The van der Waals surface area contributed by atoms with Gasteiger partial charge in [0.1, 0.15) is 0 Å². The Morgan fingerprint density at radius 1 is 1.17 bits per heavy atom. The summed E-state index contributed by atoms with van der Waals surface area (Å²) in [5.41, 5.74) is 6.19. The lowest BCUT2D eigenvalue weighted by Crippen LogP contribution is -2.42. The number of likely N-dealkylation sites (N-methyl/N-ethyl adjacent to an activating group) is 1. The Hall–Kier alpha value is -2.40. The largest absolute Gasteiger partial charge is 0.366 e. The summed E-state index contributed by atoms with van der Waals surface area (Å²) in [6.45, 7) is 11.1. The molecule has 152 valence electrons. The van der Waals surface area contributed by atoms with E-state index in [1.54, 1.807) is 0 Å². The van der Waals surface area contributed by atoms with Crippen molar-refractivity contribution in [2.45, 2.75) is 58.3 Å². The van der Waals surface area contributed by atoms with Gasteiger partial charge in [-0.1, -0.05) is 18.2 Å². The zero-order chi connectivity index (χ0) is 20.9. The average molecular weight is 407 g/mol. The van der Waals surface area contributed by atoms with Gasteiger partial charge in [0.15, 0.2) is 5.11 Å². The fourth-order valence-corrected chi connectivity index (χ4v) is 5.09. The molecule has 1 fully saturated rings. The number of pyridine rings is 1. The third-order valence-corrected chi connectivity index (χ3v) is 6.60. The van der Waals surface area contributed by atoms with Crippen LogP contribution in [0, 0.1) is 0 Å². The van der Waals surface area contributed by atoms with Crippen LogP contribution in [0.4, 0.5) is 5.69 Å². The molecule has 0 bridgehead atoms. The minimum absolute atomic E-state index is 0.00947. The molecular weight excluding hydrogens is 376 g/mol. The van der Waals surface area contributed by atoms with Gasteiger partial charge >= 0.3 is 0 Å². The molecule has 0 radical (unpaired) electrons. The number of allylic oxidation sites excluding steroid dienone is 1. The molecule has 2 atom stereocenters. The SMILES string of the molecule is CC1=CC(C)(C)N(C)c2ccc([C@@H]3[C@H](c4ccccn4)NC(=S)N3C(C)C)cc21. The summed E-state index contributed by atoms with van der Waals surface area (Å²) in [4.78, 5) is 9.30. The van der Waals surface area contributed by atoms with Crippen molar-refractivity contribution in [2.75, 3.05) is 11.9 Å². The average Bonchev–Trinajstić information content (AvgIpc) is 3.04. The van der Waals surface area contributed by atoms with Crippen molar-refractivity contribution in [3.05, 3.63) is 65.5 Å². The Bertz CT molecular complexity index is 964. The minimum Gasteiger partial charge on any atom is -0.366 e. The quantitative estimate of drug-likeness (QED) is 0.717. The van der Waals surface area contributed by atoms with Gasteiger partial charge in [-0.05, 0) is 82.2 Å². The van der Waals surface area contributed by atoms with E-state index in [1.165, 1.54) is 22.4 Å². The number of benzene rings is 1. The maximum Gasteiger partial charge on any atom is 0.170 e. The van der Waals surface area contributed by atoms with Crippen molar-refractivity contribution in [3.8, 4) is 0 Å². The molecule has 5 heteroatoms. The molecule has 2 aromatic rings. The lowest BCUT2D eigenvalue weighted by molar-refractivity contribution is 0.269. The summed E-state index contributed by atoms with van der Waals surface area (Å²) in [6.07, 6.45) is 4.21. The van der Waals surface area contributed by atoms with Crippen LogP contribution in [0.25, 0.3) is 5.57 Å². The summed E-state index contributed by atoms with van der Waals surface area (Å²) < 4.78 is 0. The molecule has 4 nitrogen and oxygen atoms in total. The Labute approximate surface area is 179 Å². The fraction of sp³-hybridized carbons (Fsp3) is 0.417. The molecule has 0 amide bonds. The number of rotatable bonds is 3. The molecule has 2 aliphatic rings. The molecule has 1 saturated heterocycles. The number of thiocarbonyl (C=S) groups is 1.